The highest BCUT2D eigenvalue weighted by atomic mass is 16.7. The van der Waals surface area contributed by atoms with Crippen LogP contribution in [-0.4, -0.2) is 25.0 Å². The first-order valence-electron chi connectivity index (χ1n) is 7.80. The summed E-state index contributed by atoms with van der Waals surface area (Å²) in [6.45, 7) is -0.163. The molecule has 2 aromatic carbocycles. The van der Waals surface area contributed by atoms with Gasteiger partial charge in [-0.05, 0) is 18.2 Å². The fourth-order valence-corrected chi connectivity index (χ4v) is 2.63. The number of hydrogen-bond donors (Lipinski definition) is 2. The van der Waals surface area contributed by atoms with Gasteiger partial charge in [0.1, 0.15) is 17.0 Å². The van der Waals surface area contributed by atoms with Crippen LogP contribution in [-0.2, 0) is 20.7 Å². The van der Waals surface area contributed by atoms with Crippen LogP contribution in [0.15, 0.2) is 51.7 Å². The summed E-state index contributed by atoms with van der Waals surface area (Å²) in [6, 6.07) is 11.2. The topological polar surface area (TPSA) is 112 Å². The molecule has 0 amide bonds. The van der Waals surface area contributed by atoms with Crippen molar-refractivity contribution < 1.29 is 23.8 Å². The Bertz CT molecular complexity index is 1020. The van der Waals surface area contributed by atoms with Gasteiger partial charge in [-0.1, -0.05) is 24.3 Å². The van der Waals surface area contributed by atoms with Gasteiger partial charge in [-0.2, -0.15) is 0 Å². The van der Waals surface area contributed by atoms with Crippen molar-refractivity contribution in [3.63, 3.8) is 0 Å². The van der Waals surface area contributed by atoms with E-state index in [2.05, 4.69) is 0 Å². The molecule has 134 valence electrons. The van der Waals surface area contributed by atoms with Crippen LogP contribution in [0, 0.1) is 0 Å². The normalized spacial score (nSPS) is 10.8. The molecule has 0 radical (unpaired) electrons. The number of carbonyl (C=O) groups is 1. The smallest absolute Gasteiger partial charge is 0.312 e. The standard InChI is InChI=1S/C19H17NO6/c1-24-10-25-15(22)9-11-5-4-7-13-17(23)16(20)19(26-18(11)13)12-6-2-3-8-14(12)21/h2-8,21H,9-10,20H2,1H3. The number of ether oxygens (including phenoxy) is 2. The van der Waals surface area contributed by atoms with E-state index >= 15 is 0 Å². The molecule has 0 unspecified atom stereocenters. The van der Waals surface area contributed by atoms with Crippen LogP contribution >= 0.6 is 0 Å². The van der Waals surface area contributed by atoms with Gasteiger partial charge in [0.05, 0.1) is 17.4 Å². The molecule has 0 saturated heterocycles. The number of methoxy groups -OCH3 is 1. The minimum atomic E-state index is -0.525. The molecule has 0 aliphatic rings. The Hall–Kier alpha value is -3.32. The molecule has 0 aliphatic carbocycles. The molecule has 3 aromatic rings. The summed E-state index contributed by atoms with van der Waals surface area (Å²) in [4.78, 5) is 24.5. The lowest BCUT2D eigenvalue weighted by atomic mass is 10.0. The molecule has 0 fully saturated rings. The summed E-state index contributed by atoms with van der Waals surface area (Å²) in [5.74, 6) is -0.542. The summed E-state index contributed by atoms with van der Waals surface area (Å²) in [6.07, 6.45) is -0.103. The fourth-order valence-electron chi connectivity index (χ4n) is 2.63. The van der Waals surface area contributed by atoms with Crippen molar-refractivity contribution in [1.29, 1.82) is 0 Å². The quantitative estimate of drug-likeness (QED) is 0.534. The summed E-state index contributed by atoms with van der Waals surface area (Å²) >= 11 is 0. The number of rotatable bonds is 5. The second kappa shape index (κ2) is 7.28. The third-order valence-corrected chi connectivity index (χ3v) is 3.86. The van der Waals surface area contributed by atoms with Crippen molar-refractivity contribution in [3.8, 4) is 17.1 Å². The van der Waals surface area contributed by atoms with Gasteiger partial charge in [-0.15, -0.1) is 0 Å². The number of anilines is 1. The summed E-state index contributed by atoms with van der Waals surface area (Å²) in [5.41, 5.74) is 6.38. The van der Waals surface area contributed by atoms with Gasteiger partial charge in [0.25, 0.3) is 0 Å². The van der Waals surface area contributed by atoms with Crippen molar-refractivity contribution in [2.24, 2.45) is 0 Å². The number of phenols is 1. The Morgan fingerprint density at radius 3 is 2.69 bits per heavy atom. The molecule has 26 heavy (non-hydrogen) atoms. The maximum Gasteiger partial charge on any atom is 0.312 e. The third kappa shape index (κ3) is 3.25. The summed E-state index contributed by atoms with van der Waals surface area (Å²) < 4.78 is 15.4. The van der Waals surface area contributed by atoms with E-state index in [4.69, 9.17) is 19.6 Å². The van der Waals surface area contributed by atoms with E-state index in [9.17, 15) is 14.7 Å². The van der Waals surface area contributed by atoms with E-state index < -0.39 is 11.4 Å². The summed E-state index contributed by atoms with van der Waals surface area (Å²) in [5, 5.41) is 10.3. The largest absolute Gasteiger partial charge is 0.507 e. The molecule has 1 aromatic heterocycles. The molecule has 7 heteroatoms. The number of hydrogen-bond acceptors (Lipinski definition) is 7. The Morgan fingerprint density at radius 1 is 1.19 bits per heavy atom. The molecular weight excluding hydrogens is 338 g/mol. The lowest BCUT2D eigenvalue weighted by Crippen LogP contribution is -2.13. The van der Waals surface area contributed by atoms with Crippen molar-refractivity contribution in [2.45, 2.75) is 6.42 Å². The van der Waals surface area contributed by atoms with Crippen LogP contribution in [0.3, 0.4) is 0 Å². The number of phenolic OH excluding ortho intramolecular Hbond substituents is 1. The van der Waals surface area contributed by atoms with E-state index in [-0.39, 0.29) is 41.4 Å². The number of nitrogen functional groups attached to an aromatic ring is 1. The van der Waals surface area contributed by atoms with Crippen LogP contribution in [0.2, 0.25) is 0 Å². The molecule has 0 bridgehead atoms. The van der Waals surface area contributed by atoms with Crippen LogP contribution in [0.1, 0.15) is 5.56 Å². The maximum atomic E-state index is 12.6. The van der Waals surface area contributed by atoms with Gasteiger partial charge in [-0.3, -0.25) is 9.59 Å². The number of aromatic hydroxyl groups is 1. The van der Waals surface area contributed by atoms with E-state index in [0.29, 0.717) is 11.1 Å². The lowest BCUT2D eigenvalue weighted by Gasteiger charge is -2.11. The Kier molecular flexibility index (Phi) is 4.90. The number of nitrogens with two attached hydrogens (primary N) is 1. The first kappa shape index (κ1) is 17.5. The van der Waals surface area contributed by atoms with E-state index in [1.165, 1.54) is 13.2 Å². The monoisotopic (exact) mass is 355 g/mol. The average molecular weight is 355 g/mol. The number of carbonyl (C=O) groups excluding carboxylic acids is 1. The van der Waals surface area contributed by atoms with Crippen molar-refractivity contribution in [1.82, 2.24) is 0 Å². The van der Waals surface area contributed by atoms with E-state index in [1.54, 1.807) is 36.4 Å². The van der Waals surface area contributed by atoms with Gasteiger partial charge < -0.3 is 24.7 Å². The highest BCUT2D eigenvalue weighted by Gasteiger charge is 2.19. The second-order valence-electron chi connectivity index (χ2n) is 5.58. The molecular formula is C19H17NO6. The highest BCUT2D eigenvalue weighted by molar-refractivity contribution is 5.90. The zero-order valence-corrected chi connectivity index (χ0v) is 14.0. The molecule has 1 heterocycles. The van der Waals surface area contributed by atoms with Crippen LogP contribution < -0.4 is 11.2 Å². The Labute approximate surface area is 148 Å². The fraction of sp³-hybridized carbons (Fsp3) is 0.158. The van der Waals surface area contributed by atoms with E-state index in [1.807, 2.05) is 0 Å². The minimum absolute atomic E-state index is 0.0540. The van der Waals surface area contributed by atoms with Gasteiger partial charge in [0.2, 0.25) is 5.43 Å². The molecule has 0 atom stereocenters. The zero-order chi connectivity index (χ0) is 18.7. The SMILES string of the molecule is COCOC(=O)Cc1cccc2c(=O)c(N)c(-c3ccccc3O)oc12. The summed E-state index contributed by atoms with van der Waals surface area (Å²) in [7, 11) is 1.41. The molecule has 3 rings (SSSR count). The molecule has 0 saturated carbocycles. The number of benzene rings is 2. The molecule has 0 aliphatic heterocycles. The number of fused-ring (bicyclic) bond motifs is 1. The van der Waals surface area contributed by atoms with Crippen molar-refractivity contribution in [3.05, 3.63) is 58.3 Å². The van der Waals surface area contributed by atoms with Gasteiger partial charge >= 0.3 is 5.97 Å². The van der Waals surface area contributed by atoms with Crippen LogP contribution in [0.25, 0.3) is 22.3 Å². The molecule has 0 spiro atoms. The first-order chi connectivity index (χ1) is 12.5. The molecule has 7 nitrogen and oxygen atoms in total. The van der Waals surface area contributed by atoms with E-state index in [0.717, 1.165) is 0 Å². The predicted molar refractivity (Wildman–Crippen MR) is 95.7 cm³/mol. The first-order valence-corrected chi connectivity index (χ1v) is 7.80. The minimum Gasteiger partial charge on any atom is -0.507 e. The van der Waals surface area contributed by atoms with Gasteiger partial charge in [0, 0.05) is 12.7 Å². The Balaban J connectivity index is 2.16. The third-order valence-electron chi connectivity index (χ3n) is 3.86. The highest BCUT2D eigenvalue weighted by Crippen LogP contribution is 2.34. The zero-order valence-electron chi connectivity index (χ0n) is 14.0. The number of para-hydroxylation sites is 2. The van der Waals surface area contributed by atoms with Crippen molar-refractivity contribution >= 4 is 22.6 Å². The maximum absolute atomic E-state index is 12.6. The predicted octanol–water partition coefficient (Wildman–Crippen LogP) is 2.44. The lowest BCUT2D eigenvalue weighted by molar-refractivity contribution is -0.153. The van der Waals surface area contributed by atoms with Gasteiger partial charge in [0.15, 0.2) is 12.6 Å². The van der Waals surface area contributed by atoms with Gasteiger partial charge in [-0.25, -0.2) is 0 Å². The second-order valence-corrected chi connectivity index (χ2v) is 5.58. The average Bonchev–Trinajstić information content (AvgIpc) is 2.64. The molecule has 3 N–H and O–H groups in total. The number of esters is 1. The Morgan fingerprint density at radius 2 is 1.96 bits per heavy atom. The van der Waals surface area contributed by atoms with Crippen LogP contribution in [0.4, 0.5) is 5.69 Å². The van der Waals surface area contributed by atoms with Crippen molar-refractivity contribution in [2.75, 3.05) is 19.6 Å². The van der Waals surface area contributed by atoms with Crippen LogP contribution in [0.5, 0.6) is 5.75 Å².